The second kappa shape index (κ2) is 8.81. The number of hydrogen-bond acceptors (Lipinski definition) is 3. The van der Waals surface area contributed by atoms with Crippen molar-refractivity contribution >= 4 is 17.4 Å². The lowest BCUT2D eigenvalue weighted by Gasteiger charge is -2.12. The number of Topliss-reactive ketones (excluding diaryl/α,β-unsaturated/α-hetero) is 1. The Bertz CT molecular complexity index is 935. The second-order valence-electron chi connectivity index (χ2n) is 6.17. The van der Waals surface area contributed by atoms with Gasteiger partial charge in [-0.3, -0.25) is 9.59 Å². The third kappa shape index (κ3) is 5.05. The summed E-state index contributed by atoms with van der Waals surface area (Å²) in [6, 6.07) is 24.1. The predicted octanol–water partition coefficient (Wildman–Crippen LogP) is 4.76. The van der Waals surface area contributed by atoms with E-state index in [1.165, 1.54) is 12.5 Å². The first-order chi connectivity index (χ1) is 13.1. The summed E-state index contributed by atoms with van der Waals surface area (Å²) >= 11 is 0. The van der Waals surface area contributed by atoms with E-state index in [-0.39, 0.29) is 11.7 Å². The number of benzene rings is 3. The van der Waals surface area contributed by atoms with Crippen molar-refractivity contribution in [1.29, 1.82) is 0 Å². The molecule has 136 valence electrons. The Hall–Kier alpha value is -3.40. The lowest BCUT2D eigenvalue weighted by Crippen LogP contribution is -2.14. The molecule has 3 rings (SSSR count). The zero-order valence-corrected chi connectivity index (χ0v) is 15.1. The molecular formula is C23H21NO3. The van der Waals surface area contributed by atoms with E-state index in [1.807, 2.05) is 36.4 Å². The van der Waals surface area contributed by atoms with Crippen LogP contribution in [0.15, 0.2) is 78.9 Å². The molecule has 0 saturated heterocycles. The lowest BCUT2D eigenvalue weighted by atomic mass is 10.1. The minimum Gasteiger partial charge on any atom is -0.492 e. The molecule has 0 aromatic heterocycles. The number of carbonyl (C=O) groups excluding carboxylic acids is 2. The van der Waals surface area contributed by atoms with E-state index in [4.69, 9.17) is 4.74 Å². The highest BCUT2D eigenvalue weighted by atomic mass is 16.5. The van der Waals surface area contributed by atoms with Crippen molar-refractivity contribution < 1.29 is 14.3 Å². The van der Waals surface area contributed by atoms with Gasteiger partial charge in [0.15, 0.2) is 5.78 Å². The predicted molar refractivity (Wildman–Crippen MR) is 106 cm³/mol. The molecule has 0 heterocycles. The van der Waals surface area contributed by atoms with Crippen molar-refractivity contribution in [3.05, 3.63) is 95.6 Å². The summed E-state index contributed by atoms with van der Waals surface area (Å²) < 4.78 is 5.85. The molecule has 0 bridgehead atoms. The van der Waals surface area contributed by atoms with Crippen LogP contribution in [0.1, 0.15) is 33.2 Å². The molecule has 0 aliphatic rings. The fourth-order valence-corrected chi connectivity index (χ4v) is 2.72. The van der Waals surface area contributed by atoms with Gasteiger partial charge in [0.2, 0.25) is 0 Å². The molecular weight excluding hydrogens is 338 g/mol. The topological polar surface area (TPSA) is 55.4 Å². The van der Waals surface area contributed by atoms with Gasteiger partial charge in [0.25, 0.3) is 5.91 Å². The summed E-state index contributed by atoms with van der Waals surface area (Å²) in [5.41, 5.74) is 2.77. The Balaban J connectivity index is 1.68. The fraction of sp³-hybridized carbons (Fsp3) is 0.130. The Morgan fingerprint density at radius 2 is 1.63 bits per heavy atom. The minimum atomic E-state index is -0.272. The fourth-order valence-electron chi connectivity index (χ4n) is 2.72. The summed E-state index contributed by atoms with van der Waals surface area (Å²) in [6.45, 7) is 1.98. The summed E-state index contributed by atoms with van der Waals surface area (Å²) in [5.74, 6) is 0.218. The molecule has 4 nitrogen and oxygen atoms in total. The van der Waals surface area contributed by atoms with E-state index in [1.54, 1.807) is 42.5 Å². The Kier molecular flexibility index (Phi) is 6.00. The Labute approximate surface area is 158 Å². The molecule has 0 atom stereocenters. The maximum atomic E-state index is 12.7. The van der Waals surface area contributed by atoms with Crippen LogP contribution in [0, 0.1) is 0 Å². The minimum absolute atomic E-state index is 0.0456. The lowest BCUT2D eigenvalue weighted by molar-refractivity contribution is 0.100. The molecule has 0 aliphatic carbocycles. The van der Waals surface area contributed by atoms with Crippen molar-refractivity contribution in [2.24, 2.45) is 0 Å². The van der Waals surface area contributed by atoms with Gasteiger partial charge in [-0.05, 0) is 36.8 Å². The van der Waals surface area contributed by atoms with E-state index in [0.29, 0.717) is 29.2 Å². The molecule has 3 aromatic rings. The highest BCUT2D eigenvalue weighted by Gasteiger charge is 2.13. The number of para-hydroxylation sites is 1. The van der Waals surface area contributed by atoms with E-state index in [0.717, 1.165) is 6.42 Å². The van der Waals surface area contributed by atoms with Crippen LogP contribution in [0.25, 0.3) is 0 Å². The monoisotopic (exact) mass is 359 g/mol. The summed E-state index contributed by atoms with van der Waals surface area (Å²) in [6.07, 6.45) is 0.761. The van der Waals surface area contributed by atoms with Crippen LogP contribution in [0.3, 0.4) is 0 Å². The highest BCUT2D eigenvalue weighted by molar-refractivity contribution is 6.06. The summed E-state index contributed by atoms with van der Waals surface area (Å²) in [7, 11) is 0. The third-order valence-corrected chi connectivity index (χ3v) is 4.15. The quantitative estimate of drug-likeness (QED) is 0.619. The number of ether oxygens (including phenoxy) is 1. The number of anilines is 1. The average molecular weight is 359 g/mol. The standard InChI is InChI=1S/C23H21NO3/c1-17(25)19-10-7-11-20(16-19)24-23(26)21-12-5-6-13-22(21)27-15-14-18-8-3-2-4-9-18/h2-13,16H,14-15H2,1H3,(H,24,26). The smallest absolute Gasteiger partial charge is 0.259 e. The van der Waals surface area contributed by atoms with Crippen LogP contribution in [0.5, 0.6) is 5.75 Å². The van der Waals surface area contributed by atoms with Crippen molar-refractivity contribution in [1.82, 2.24) is 0 Å². The maximum Gasteiger partial charge on any atom is 0.259 e. The Morgan fingerprint density at radius 3 is 2.41 bits per heavy atom. The van der Waals surface area contributed by atoms with Gasteiger partial charge in [-0.2, -0.15) is 0 Å². The maximum absolute atomic E-state index is 12.7. The first kappa shape index (κ1) is 18.4. The van der Waals surface area contributed by atoms with Crippen LogP contribution >= 0.6 is 0 Å². The van der Waals surface area contributed by atoms with E-state index in [2.05, 4.69) is 5.32 Å². The van der Waals surface area contributed by atoms with Crippen LogP contribution in [-0.4, -0.2) is 18.3 Å². The molecule has 0 radical (unpaired) electrons. The van der Waals surface area contributed by atoms with Crippen molar-refractivity contribution in [3.63, 3.8) is 0 Å². The zero-order chi connectivity index (χ0) is 19.1. The van der Waals surface area contributed by atoms with Crippen molar-refractivity contribution in [2.45, 2.75) is 13.3 Å². The summed E-state index contributed by atoms with van der Waals surface area (Å²) in [4.78, 5) is 24.2. The molecule has 0 unspecified atom stereocenters. The number of ketones is 1. The first-order valence-electron chi connectivity index (χ1n) is 8.81. The van der Waals surface area contributed by atoms with Crippen LogP contribution < -0.4 is 10.1 Å². The molecule has 4 heteroatoms. The van der Waals surface area contributed by atoms with Gasteiger partial charge in [-0.1, -0.05) is 54.6 Å². The van der Waals surface area contributed by atoms with Crippen LogP contribution in [-0.2, 0) is 6.42 Å². The van der Waals surface area contributed by atoms with Gasteiger partial charge in [-0.15, -0.1) is 0 Å². The number of nitrogens with one attached hydrogen (secondary N) is 1. The molecule has 1 N–H and O–H groups in total. The average Bonchev–Trinajstić information content (AvgIpc) is 2.69. The first-order valence-corrected chi connectivity index (χ1v) is 8.81. The van der Waals surface area contributed by atoms with Gasteiger partial charge in [-0.25, -0.2) is 0 Å². The molecule has 27 heavy (non-hydrogen) atoms. The number of amides is 1. The van der Waals surface area contributed by atoms with E-state index >= 15 is 0 Å². The van der Waals surface area contributed by atoms with Gasteiger partial charge in [0.05, 0.1) is 12.2 Å². The highest BCUT2D eigenvalue weighted by Crippen LogP contribution is 2.20. The largest absolute Gasteiger partial charge is 0.492 e. The molecule has 0 aliphatic heterocycles. The molecule has 3 aromatic carbocycles. The SMILES string of the molecule is CC(=O)c1cccc(NC(=O)c2ccccc2OCCc2ccccc2)c1. The number of carbonyl (C=O) groups is 2. The molecule has 0 fully saturated rings. The van der Waals surface area contributed by atoms with Gasteiger partial charge < -0.3 is 10.1 Å². The van der Waals surface area contributed by atoms with Crippen LogP contribution in [0.2, 0.25) is 0 Å². The van der Waals surface area contributed by atoms with Gasteiger partial charge in [0, 0.05) is 17.7 Å². The Morgan fingerprint density at radius 1 is 0.889 bits per heavy atom. The molecule has 0 saturated carbocycles. The number of hydrogen-bond donors (Lipinski definition) is 1. The number of rotatable bonds is 7. The van der Waals surface area contributed by atoms with Gasteiger partial charge >= 0.3 is 0 Å². The summed E-state index contributed by atoms with van der Waals surface area (Å²) in [5, 5.41) is 2.83. The van der Waals surface area contributed by atoms with Gasteiger partial charge in [0.1, 0.15) is 5.75 Å². The van der Waals surface area contributed by atoms with Crippen molar-refractivity contribution in [2.75, 3.05) is 11.9 Å². The molecule has 0 spiro atoms. The molecule has 1 amide bonds. The van der Waals surface area contributed by atoms with Crippen LogP contribution in [0.4, 0.5) is 5.69 Å². The zero-order valence-electron chi connectivity index (χ0n) is 15.1. The normalized spacial score (nSPS) is 10.3. The second-order valence-corrected chi connectivity index (χ2v) is 6.17. The van der Waals surface area contributed by atoms with E-state index < -0.39 is 0 Å². The third-order valence-electron chi connectivity index (χ3n) is 4.15. The van der Waals surface area contributed by atoms with E-state index in [9.17, 15) is 9.59 Å². The van der Waals surface area contributed by atoms with Crippen molar-refractivity contribution in [3.8, 4) is 5.75 Å².